The van der Waals surface area contributed by atoms with Gasteiger partial charge in [-0.1, -0.05) is 0 Å². The fraction of sp³-hybridized carbons (Fsp3) is 0.625. The van der Waals surface area contributed by atoms with E-state index < -0.39 is 0 Å². The normalized spacial score (nSPS) is 30.0. The number of nitrogens with one attached hydrogen (secondary N) is 1. The Bertz CT molecular complexity index is 539. The molecule has 2 atom stereocenters. The molecule has 4 rings (SSSR count). The minimum absolute atomic E-state index is 0.0643. The van der Waals surface area contributed by atoms with Crippen molar-refractivity contribution in [2.24, 2.45) is 0 Å². The lowest BCUT2D eigenvalue weighted by Crippen LogP contribution is -2.43. The second-order valence-corrected chi connectivity index (χ2v) is 5.89. The third kappa shape index (κ3) is 2.24. The van der Waals surface area contributed by atoms with Crippen molar-refractivity contribution >= 4 is 0 Å². The molecular formula is C16H21NO4. The van der Waals surface area contributed by atoms with Crippen LogP contribution in [0, 0.1) is 0 Å². The fourth-order valence-electron chi connectivity index (χ4n) is 3.48. The van der Waals surface area contributed by atoms with E-state index in [0.29, 0.717) is 19.8 Å². The quantitative estimate of drug-likeness (QED) is 0.903. The van der Waals surface area contributed by atoms with Gasteiger partial charge in [0, 0.05) is 37.6 Å². The average Bonchev–Trinajstić information content (AvgIpc) is 2.93. The van der Waals surface area contributed by atoms with Crippen LogP contribution in [0.25, 0.3) is 0 Å². The van der Waals surface area contributed by atoms with Gasteiger partial charge in [-0.3, -0.25) is 0 Å². The highest BCUT2D eigenvalue weighted by molar-refractivity contribution is 5.53. The van der Waals surface area contributed by atoms with Gasteiger partial charge in [0.25, 0.3) is 0 Å². The predicted molar refractivity (Wildman–Crippen MR) is 77.3 cm³/mol. The number of rotatable bonds is 2. The van der Waals surface area contributed by atoms with Gasteiger partial charge in [-0.05, 0) is 19.5 Å². The van der Waals surface area contributed by atoms with Crippen LogP contribution in [-0.2, 0) is 4.74 Å². The van der Waals surface area contributed by atoms with E-state index >= 15 is 0 Å². The monoisotopic (exact) mass is 291 g/mol. The van der Waals surface area contributed by atoms with E-state index in [0.717, 1.165) is 48.7 Å². The molecule has 0 aromatic heterocycles. The smallest absolute Gasteiger partial charge is 0.165 e. The minimum Gasteiger partial charge on any atom is -0.486 e. The molecule has 0 amide bonds. The number of hydrogen-bond donors (Lipinski definition) is 1. The van der Waals surface area contributed by atoms with Crippen LogP contribution in [0.4, 0.5) is 0 Å². The van der Waals surface area contributed by atoms with E-state index in [1.54, 1.807) is 0 Å². The van der Waals surface area contributed by atoms with Crippen LogP contribution in [0.5, 0.6) is 17.2 Å². The topological polar surface area (TPSA) is 49.0 Å². The Morgan fingerprint density at radius 3 is 2.76 bits per heavy atom. The van der Waals surface area contributed by atoms with E-state index in [-0.39, 0.29) is 11.7 Å². The van der Waals surface area contributed by atoms with Gasteiger partial charge >= 0.3 is 0 Å². The molecule has 21 heavy (non-hydrogen) atoms. The molecule has 5 nitrogen and oxygen atoms in total. The molecule has 5 heteroatoms. The lowest BCUT2D eigenvalue weighted by molar-refractivity contribution is -0.0359. The predicted octanol–water partition coefficient (Wildman–Crippen LogP) is 2.05. The first-order valence-electron chi connectivity index (χ1n) is 7.74. The number of ether oxygens (including phenoxy) is 4. The van der Waals surface area contributed by atoms with Gasteiger partial charge in [-0.2, -0.15) is 0 Å². The zero-order chi connectivity index (χ0) is 14.3. The van der Waals surface area contributed by atoms with E-state index in [1.807, 2.05) is 19.1 Å². The molecule has 0 bridgehead atoms. The Morgan fingerprint density at radius 1 is 1.24 bits per heavy atom. The molecule has 3 heterocycles. The van der Waals surface area contributed by atoms with Crippen molar-refractivity contribution in [2.45, 2.75) is 31.5 Å². The van der Waals surface area contributed by atoms with Crippen molar-refractivity contribution in [1.29, 1.82) is 0 Å². The molecule has 1 fully saturated rings. The van der Waals surface area contributed by atoms with Crippen molar-refractivity contribution in [3.05, 3.63) is 17.7 Å². The van der Waals surface area contributed by atoms with Crippen molar-refractivity contribution in [1.82, 2.24) is 5.32 Å². The Kier molecular flexibility index (Phi) is 3.19. The first-order valence-corrected chi connectivity index (χ1v) is 7.74. The molecule has 0 radical (unpaired) electrons. The third-order valence-corrected chi connectivity index (χ3v) is 4.48. The molecule has 1 spiro atoms. The standard InChI is InChI=1S/C16H21NO4/c1-2-18-15-9-16(3-4-17-10-16)21-12-8-14-13(7-11(12)15)19-5-6-20-14/h7-8,15,17H,2-6,9-10H2,1H3. The summed E-state index contributed by atoms with van der Waals surface area (Å²) in [6.45, 7) is 5.80. The second-order valence-electron chi connectivity index (χ2n) is 5.89. The maximum Gasteiger partial charge on any atom is 0.165 e. The van der Waals surface area contributed by atoms with Gasteiger partial charge in [-0.25, -0.2) is 0 Å². The molecule has 3 aliphatic rings. The summed E-state index contributed by atoms with van der Waals surface area (Å²) < 4.78 is 23.7. The van der Waals surface area contributed by atoms with Crippen LogP contribution in [0.2, 0.25) is 0 Å². The first-order chi connectivity index (χ1) is 10.3. The highest BCUT2D eigenvalue weighted by Gasteiger charge is 2.44. The van der Waals surface area contributed by atoms with Crippen molar-refractivity contribution in [3.63, 3.8) is 0 Å². The molecule has 0 saturated carbocycles. The van der Waals surface area contributed by atoms with Crippen molar-refractivity contribution in [2.75, 3.05) is 32.9 Å². The van der Waals surface area contributed by atoms with E-state index in [2.05, 4.69) is 5.32 Å². The zero-order valence-corrected chi connectivity index (χ0v) is 12.3. The summed E-state index contributed by atoms with van der Waals surface area (Å²) in [5, 5.41) is 3.40. The number of benzene rings is 1. The lowest BCUT2D eigenvalue weighted by Gasteiger charge is -2.39. The lowest BCUT2D eigenvalue weighted by atomic mass is 9.87. The molecule has 1 saturated heterocycles. The highest BCUT2D eigenvalue weighted by atomic mass is 16.6. The van der Waals surface area contributed by atoms with Crippen molar-refractivity contribution < 1.29 is 18.9 Å². The molecule has 0 aliphatic carbocycles. The summed E-state index contributed by atoms with van der Waals surface area (Å²) in [6.07, 6.45) is 1.97. The van der Waals surface area contributed by atoms with Gasteiger partial charge < -0.3 is 24.3 Å². The Hall–Kier alpha value is -1.46. The molecule has 114 valence electrons. The molecule has 3 aliphatic heterocycles. The van der Waals surface area contributed by atoms with Gasteiger partial charge in [0.05, 0.1) is 6.10 Å². The third-order valence-electron chi connectivity index (χ3n) is 4.48. The number of fused-ring (bicyclic) bond motifs is 2. The van der Waals surface area contributed by atoms with Crippen LogP contribution >= 0.6 is 0 Å². The average molecular weight is 291 g/mol. The minimum atomic E-state index is -0.142. The summed E-state index contributed by atoms with van der Waals surface area (Å²) in [5.41, 5.74) is 0.940. The summed E-state index contributed by atoms with van der Waals surface area (Å²) in [6, 6.07) is 3.99. The SMILES string of the molecule is CCOC1CC2(CCNC2)Oc2cc3c(cc21)OCCO3. The first kappa shape index (κ1) is 13.2. The van der Waals surface area contributed by atoms with Crippen LogP contribution in [0.1, 0.15) is 31.4 Å². The van der Waals surface area contributed by atoms with Crippen LogP contribution in [-0.4, -0.2) is 38.5 Å². The van der Waals surface area contributed by atoms with Gasteiger partial charge in [-0.15, -0.1) is 0 Å². The number of hydrogen-bond acceptors (Lipinski definition) is 5. The highest BCUT2D eigenvalue weighted by Crippen LogP contribution is 2.48. The summed E-state index contributed by atoms with van der Waals surface area (Å²) in [5.74, 6) is 2.46. The zero-order valence-electron chi connectivity index (χ0n) is 12.3. The van der Waals surface area contributed by atoms with E-state index in [9.17, 15) is 0 Å². The van der Waals surface area contributed by atoms with Gasteiger partial charge in [0.1, 0.15) is 24.6 Å². The molecule has 2 unspecified atom stereocenters. The molecule has 1 aromatic rings. The Morgan fingerprint density at radius 2 is 2.05 bits per heavy atom. The largest absolute Gasteiger partial charge is 0.486 e. The van der Waals surface area contributed by atoms with Gasteiger partial charge in [0.2, 0.25) is 0 Å². The maximum absolute atomic E-state index is 6.34. The molecule has 1 aromatic carbocycles. The summed E-state index contributed by atoms with van der Waals surface area (Å²) in [7, 11) is 0. The van der Waals surface area contributed by atoms with E-state index in [1.165, 1.54) is 0 Å². The van der Waals surface area contributed by atoms with Crippen molar-refractivity contribution in [3.8, 4) is 17.2 Å². The molecule has 1 N–H and O–H groups in total. The van der Waals surface area contributed by atoms with Gasteiger partial charge in [0.15, 0.2) is 11.5 Å². The summed E-state index contributed by atoms with van der Waals surface area (Å²) in [4.78, 5) is 0. The Labute approximate surface area is 124 Å². The Balaban J connectivity index is 1.74. The van der Waals surface area contributed by atoms with E-state index in [4.69, 9.17) is 18.9 Å². The second kappa shape index (κ2) is 5.07. The molecular weight excluding hydrogens is 270 g/mol. The maximum atomic E-state index is 6.34. The van der Waals surface area contributed by atoms with Crippen LogP contribution in [0.15, 0.2) is 12.1 Å². The van der Waals surface area contributed by atoms with Crippen LogP contribution < -0.4 is 19.5 Å². The van der Waals surface area contributed by atoms with Crippen LogP contribution in [0.3, 0.4) is 0 Å². The fourth-order valence-corrected chi connectivity index (χ4v) is 3.48. The summed E-state index contributed by atoms with van der Waals surface area (Å²) >= 11 is 0.